The van der Waals surface area contributed by atoms with Gasteiger partial charge < -0.3 is 14.6 Å². The minimum absolute atomic E-state index is 0.0428. The van der Waals surface area contributed by atoms with E-state index in [4.69, 9.17) is 4.74 Å². The van der Waals surface area contributed by atoms with Crippen molar-refractivity contribution in [1.29, 1.82) is 0 Å². The van der Waals surface area contributed by atoms with Crippen molar-refractivity contribution in [1.82, 2.24) is 29.9 Å². The summed E-state index contributed by atoms with van der Waals surface area (Å²) >= 11 is 0. The molecule has 2 aromatic carbocycles. The normalized spacial score (nSPS) is 15.8. The molecule has 3 heterocycles. The lowest BCUT2D eigenvalue weighted by atomic mass is 10.1. The van der Waals surface area contributed by atoms with Gasteiger partial charge in [0.2, 0.25) is 0 Å². The summed E-state index contributed by atoms with van der Waals surface area (Å²) in [5.74, 6) is 1.51. The van der Waals surface area contributed by atoms with Crippen molar-refractivity contribution in [2.24, 2.45) is 0 Å². The molecule has 1 aliphatic heterocycles. The number of nitrogens with zero attached hydrogens (tertiary/aromatic N) is 5. The summed E-state index contributed by atoms with van der Waals surface area (Å²) in [5, 5.41) is 8.44. The quantitative estimate of drug-likeness (QED) is 0.520. The summed E-state index contributed by atoms with van der Waals surface area (Å²) in [6.07, 6.45) is 6.79. The number of hydrogen-bond acceptors (Lipinski definition) is 5. The highest BCUT2D eigenvalue weighted by atomic mass is 16.5. The van der Waals surface area contributed by atoms with Crippen LogP contribution in [0.1, 0.15) is 40.6 Å². The summed E-state index contributed by atoms with van der Waals surface area (Å²) in [7, 11) is 1.65. The van der Waals surface area contributed by atoms with Gasteiger partial charge in [-0.05, 0) is 44.0 Å². The zero-order chi connectivity index (χ0) is 22.1. The summed E-state index contributed by atoms with van der Waals surface area (Å²) in [5.41, 5.74) is 4.08. The molecule has 0 aliphatic carbocycles. The highest BCUT2D eigenvalue weighted by molar-refractivity contribution is 5.98. The van der Waals surface area contributed by atoms with Crippen LogP contribution in [0.5, 0.6) is 5.75 Å². The number of ether oxygens (including phenoxy) is 1. The van der Waals surface area contributed by atoms with E-state index in [1.807, 2.05) is 54.3 Å². The number of nitrogens with one attached hydrogen (secondary N) is 1. The number of aryl methyl sites for hydroxylation is 1. The van der Waals surface area contributed by atoms with Crippen molar-refractivity contribution in [3.63, 3.8) is 0 Å². The Balaban J connectivity index is 1.47. The molecular formula is C24H24N6O2. The minimum atomic E-state index is -0.120. The lowest BCUT2D eigenvalue weighted by Gasteiger charge is -2.24. The maximum absolute atomic E-state index is 13.7. The van der Waals surface area contributed by atoms with E-state index in [0.717, 1.165) is 41.2 Å². The molecule has 0 bridgehead atoms. The Hall–Kier alpha value is -3.94. The summed E-state index contributed by atoms with van der Waals surface area (Å²) in [6, 6.07) is 13.4. The average molecular weight is 428 g/mol. The van der Waals surface area contributed by atoms with E-state index in [1.54, 1.807) is 25.7 Å². The number of carbonyl (C=O) groups is 1. The van der Waals surface area contributed by atoms with Gasteiger partial charge in [0.25, 0.3) is 5.91 Å². The van der Waals surface area contributed by atoms with Crippen molar-refractivity contribution >= 4 is 5.91 Å². The number of aromatic amines is 1. The van der Waals surface area contributed by atoms with Gasteiger partial charge in [0, 0.05) is 12.1 Å². The largest absolute Gasteiger partial charge is 0.496 e. The summed E-state index contributed by atoms with van der Waals surface area (Å²) < 4.78 is 5.48. The number of imidazole rings is 1. The molecule has 1 N–H and O–H groups in total. The highest BCUT2D eigenvalue weighted by Gasteiger charge is 2.34. The van der Waals surface area contributed by atoms with Crippen molar-refractivity contribution in [2.75, 3.05) is 13.7 Å². The Morgan fingerprint density at radius 3 is 2.78 bits per heavy atom. The van der Waals surface area contributed by atoms with Crippen molar-refractivity contribution < 1.29 is 9.53 Å². The van der Waals surface area contributed by atoms with Gasteiger partial charge in [-0.25, -0.2) is 4.98 Å². The minimum Gasteiger partial charge on any atom is -0.496 e. The van der Waals surface area contributed by atoms with Gasteiger partial charge in [-0.1, -0.05) is 23.8 Å². The number of benzene rings is 2. The molecule has 1 saturated heterocycles. The summed E-state index contributed by atoms with van der Waals surface area (Å²) in [4.78, 5) is 25.1. The van der Waals surface area contributed by atoms with E-state index in [0.29, 0.717) is 17.8 Å². The SMILES string of the molecule is COc1ccccc1-c1cnc(C2CCCN2C(=O)c2cc(C)ccc2-n2nccn2)[nH]1. The smallest absolute Gasteiger partial charge is 0.256 e. The van der Waals surface area contributed by atoms with E-state index >= 15 is 0 Å². The Labute approximate surface area is 185 Å². The van der Waals surface area contributed by atoms with Gasteiger partial charge >= 0.3 is 0 Å². The Morgan fingerprint density at radius 2 is 1.97 bits per heavy atom. The molecule has 0 spiro atoms. The Bertz CT molecular complexity index is 1250. The fourth-order valence-corrected chi connectivity index (χ4v) is 4.29. The van der Waals surface area contributed by atoms with Gasteiger partial charge in [-0.2, -0.15) is 15.0 Å². The standard InChI is InChI=1S/C24H24N6O2/c1-16-9-10-20(30-26-11-12-27-30)18(14-16)24(31)29-13-5-7-21(29)23-25-15-19(28-23)17-6-3-4-8-22(17)32-2/h3-4,6,8-12,14-15,21H,5,7,13H2,1-2H3,(H,25,28). The molecule has 32 heavy (non-hydrogen) atoms. The van der Waals surface area contributed by atoms with E-state index in [1.165, 1.54) is 4.80 Å². The molecule has 0 saturated carbocycles. The van der Waals surface area contributed by atoms with E-state index in [-0.39, 0.29) is 11.9 Å². The molecule has 1 fully saturated rings. The zero-order valence-corrected chi connectivity index (χ0v) is 18.0. The topological polar surface area (TPSA) is 88.9 Å². The molecular weight excluding hydrogens is 404 g/mol. The van der Waals surface area contributed by atoms with Crippen LogP contribution in [0.2, 0.25) is 0 Å². The maximum atomic E-state index is 13.7. The number of aromatic nitrogens is 5. The van der Waals surface area contributed by atoms with Gasteiger partial charge in [0.1, 0.15) is 11.6 Å². The fourth-order valence-electron chi connectivity index (χ4n) is 4.29. The number of rotatable bonds is 5. The molecule has 1 atom stereocenters. The predicted octanol–water partition coefficient (Wildman–Crippen LogP) is 3.95. The maximum Gasteiger partial charge on any atom is 0.256 e. The van der Waals surface area contributed by atoms with Crippen molar-refractivity contribution in [3.8, 4) is 22.7 Å². The fraction of sp³-hybridized carbons (Fsp3) is 0.250. The number of H-pyrrole nitrogens is 1. The second kappa shape index (κ2) is 8.30. The second-order valence-electron chi connectivity index (χ2n) is 7.88. The van der Waals surface area contributed by atoms with Crippen LogP contribution in [0.25, 0.3) is 16.9 Å². The molecule has 2 aromatic heterocycles. The van der Waals surface area contributed by atoms with Crippen LogP contribution in [0, 0.1) is 6.92 Å². The molecule has 4 aromatic rings. The van der Waals surface area contributed by atoms with Crippen LogP contribution in [0.3, 0.4) is 0 Å². The first-order valence-corrected chi connectivity index (χ1v) is 10.6. The first-order valence-electron chi connectivity index (χ1n) is 10.6. The van der Waals surface area contributed by atoms with Gasteiger partial charge in [-0.3, -0.25) is 4.79 Å². The molecule has 5 rings (SSSR count). The molecule has 1 aliphatic rings. The Kier molecular flexibility index (Phi) is 5.18. The number of para-hydroxylation sites is 1. The first-order chi connectivity index (χ1) is 15.7. The third-order valence-corrected chi connectivity index (χ3v) is 5.84. The third-order valence-electron chi connectivity index (χ3n) is 5.84. The number of methoxy groups -OCH3 is 1. The van der Waals surface area contributed by atoms with Crippen LogP contribution in [-0.4, -0.2) is 49.4 Å². The number of amides is 1. The molecule has 1 amide bonds. The highest BCUT2D eigenvalue weighted by Crippen LogP contribution is 2.35. The second-order valence-corrected chi connectivity index (χ2v) is 7.88. The number of carbonyl (C=O) groups excluding carboxylic acids is 1. The van der Waals surface area contributed by atoms with Gasteiger partial charge in [-0.15, -0.1) is 0 Å². The number of hydrogen-bond donors (Lipinski definition) is 1. The van der Waals surface area contributed by atoms with Gasteiger partial charge in [0.15, 0.2) is 0 Å². The monoisotopic (exact) mass is 428 g/mol. The molecule has 8 nitrogen and oxygen atoms in total. The van der Waals surface area contributed by atoms with Crippen LogP contribution >= 0.6 is 0 Å². The summed E-state index contributed by atoms with van der Waals surface area (Å²) in [6.45, 7) is 2.65. The van der Waals surface area contributed by atoms with Crippen molar-refractivity contribution in [2.45, 2.75) is 25.8 Å². The van der Waals surface area contributed by atoms with Crippen LogP contribution in [0.15, 0.2) is 61.1 Å². The first kappa shape index (κ1) is 20.0. The van der Waals surface area contributed by atoms with Crippen molar-refractivity contribution in [3.05, 3.63) is 78.0 Å². The lowest BCUT2D eigenvalue weighted by Crippen LogP contribution is -2.32. The van der Waals surface area contributed by atoms with Gasteiger partial charge in [0.05, 0.1) is 48.7 Å². The molecule has 8 heteroatoms. The zero-order valence-electron chi connectivity index (χ0n) is 18.0. The predicted molar refractivity (Wildman–Crippen MR) is 120 cm³/mol. The lowest BCUT2D eigenvalue weighted by molar-refractivity contribution is 0.0730. The average Bonchev–Trinajstić information content (AvgIpc) is 3.59. The Morgan fingerprint density at radius 1 is 1.16 bits per heavy atom. The molecule has 162 valence electrons. The molecule has 1 unspecified atom stereocenters. The van der Waals surface area contributed by atoms with E-state index in [9.17, 15) is 4.79 Å². The van der Waals surface area contributed by atoms with Crippen LogP contribution in [0.4, 0.5) is 0 Å². The van der Waals surface area contributed by atoms with Crippen LogP contribution in [-0.2, 0) is 0 Å². The van der Waals surface area contributed by atoms with Crippen LogP contribution < -0.4 is 4.74 Å². The third kappa shape index (κ3) is 3.53. The number of likely N-dealkylation sites (tertiary alicyclic amines) is 1. The van der Waals surface area contributed by atoms with E-state index in [2.05, 4.69) is 20.2 Å². The van der Waals surface area contributed by atoms with E-state index < -0.39 is 0 Å². The molecule has 0 radical (unpaired) electrons.